The minimum Gasteiger partial charge on any atom is -0.507 e. The fourth-order valence-electron chi connectivity index (χ4n) is 1.51. The van der Waals surface area contributed by atoms with Crippen LogP contribution in [-0.4, -0.2) is 43.0 Å². The maximum Gasteiger partial charge on any atom is 0.407 e. The molecule has 0 unspecified atom stereocenters. The Labute approximate surface area is 129 Å². The highest BCUT2D eigenvalue weighted by Crippen LogP contribution is 2.23. The Morgan fingerprint density at radius 3 is 2.55 bits per heavy atom. The van der Waals surface area contributed by atoms with E-state index in [4.69, 9.17) is 9.47 Å². The van der Waals surface area contributed by atoms with Crippen LogP contribution in [0.25, 0.3) is 0 Å². The molecule has 0 heterocycles. The number of phenols is 1. The number of ether oxygens (including phenoxy) is 3. The number of hydrogen-bond donors (Lipinski definition) is 2. The third-order valence-corrected chi connectivity index (χ3v) is 2.41. The Hall–Kier alpha value is -2.44. The predicted molar refractivity (Wildman–Crippen MR) is 79.2 cm³/mol. The van der Waals surface area contributed by atoms with Gasteiger partial charge in [-0.15, -0.1) is 0 Å². The molecule has 0 atom stereocenters. The molecule has 0 saturated heterocycles. The van der Waals surface area contributed by atoms with Crippen LogP contribution < -0.4 is 10.1 Å². The lowest BCUT2D eigenvalue weighted by molar-refractivity contribution is 0.0519. The third kappa shape index (κ3) is 5.90. The number of esters is 1. The van der Waals surface area contributed by atoms with Crippen molar-refractivity contribution in [3.63, 3.8) is 0 Å². The number of phenolic OH excluding ortho intramolecular Hbond substituents is 1. The summed E-state index contributed by atoms with van der Waals surface area (Å²) in [5.74, 6) is -0.468. The Morgan fingerprint density at radius 2 is 1.95 bits per heavy atom. The van der Waals surface area contributed by atoms with Crippen molar-refractivity contribution in [3.8, 4) is 11.5 Å². The zero-order valence-corrected chi connectivity index (χ0v) is 13.1. The van der Waals surface area contributed by atoms with Crippen LogP contribution in [0, 0.1) is 0 Å². The van der Waals surface area contributed by atoms with Crippen LogP contribution in [0.2, 0.25) is 0 Å². The van der Waals surface area contributed by atoms with Crippen LogP contribution in [0.5, 0.6) is 11.5 Å². The lowest BCUT2D eigenvalue weighted by atomic mass is 10.2. The van der Waals surface area contributed by atoms with Crippen molar-refractivity contribution in [2.24, 2.45) is 0 Å². The fraction of sp³-hybridized carbons (Fsp3) is 0.467. The lowest BCUT2D eigenvalue weighted by Crippen LogP contribution is -2.34. The van der Waals surface area contributed by atoms with Crippen LogP contribution >= 0.6 is 0 Å². The number of carbonyl (C=O) groups is 2. The van der Waals surface area contributed by atoms with Gasteiger partial charge in [0.15, 0.2) is 0 Å². The van der Waals surface area contributed by atoms with Crippen LogP contribution in [0.4, 0.5) is 4.79 Å². The van der Waals surface area contributed by atoms with Gasteiger partial charge in [0.25, 0.3) is 0 Å². The lowest BCUT2D eigenvalue weighted by Gasteiger charge is -2.19. The second kappa shape index (κ2) is 7.53. The van der Waals surface area contributed by atoms with Gasteiger partial charge in [-0.1, -0.05) is 0 Å². The summed E-state index contributed by atoms with van der Waals surface area (Å²) in [6.07, 6.45) is -0.531. The average molecular weight is 311 g/mol. The van der Waals surface area contributed by atoms with Gasteiger partial charge < -0.3 is 24.6 Å². The molecule has 1 amide bonds. The minimum atomic E-state index is -0.658. The summed E-state index contributed by atoms with van der Waals surface area (Å²) < 4.78 is 15.0. The van der Waals surface area contributed by atoms with Gasteiger partial charge in [-0.3, -0.25) is 0 Å². The van der Waals surface area contributed by atoms with Crippen LogP contribution in [0.1, 0.15) is 31.1 Å². The molecule has 0 aliphatic carbocycles. The zero-order valence-electron chi connectivity index (χ0n) is 13.1. The van der Waals surface area contributed by atoms with E-state index < -0.39 is 17.7 Å². The molecule has 0 spiro atoms. The molecule has 1 rings (SSSR count). The van der Waals surface area contributed by atoms with Crippen molar-refractivity contribution in [2.75, 3.05) is 20.3 Å². The number of hydrogen-bond acceptors (Lipinski definition) is 6. The van der Waals surface area contributed by atoms with Crippen LogP contribution in [-0.2, 0) is 9.47 Å². The number of alkyl carbamates (subject to hydrolysis) is 1. The topological polar surface area (TPSA) is 94.1 Å². The number of amides is 1. The van der Waals surface area contributed by atoms with E-state index in [-0.39, 0.29) is 24.5 Å². The van der Waals surface area contributed by atoms with Crippen LogP contribution in [0.15, 0.2) is 18.2 Å². The molecule has 0 aliphatic rings. The van der Waals surface area contributed by atoms with Gasteiger partial charge in [0.05, 0.1) is 13.7 Å². The van der Waals surface area contributed by atoms with Gasteiger partial charge in [0, 0.05) is 0 Å². The molecule has 2 N–H and O–H groups in total. The smallest absolute Gasteiger partial charge is 0.407 e. The van der Waals surface area contributed by atoms with Gasteiger partial charge in [0.1, 0.15) is 29.3 Å². The molecular formula is C15H21NO6. The fourth-order valence-corrected chi connectivity index (χ4v) is 1.51. The highest BCUT2D eigenvalue weighted by Gasteiger charge is 2.16. The molecule has 22 heavy (non-hydrogen) atoms. The van der Waals surface area contributed by atoms with Crippen molar-refractivity contribution in [2.45, 2.75) is 26.4 Å². The molecule has 0 bridgehead atoms. The summed E-state index contributed by atoms with van der Waals surface area (Å²) in [6.45, 7) is 5.74. The van der Waals surface area contributed by atoms with Gasteiger partial charge in [-0.25, -0.2) is 9.59 Å². The van der Waals surface area contributed by atoms with Crippen molar-refractivity contribution in [3.05, 3.63) is 23.8 Å². The van der Waals surface area contributed by atoms with Crippen LogP contribution in [0.3, 0.4) is 0 Å². The van der Waals surface area contributed by atoms with Crippen molar-refractivity contribution in [1.82, 2.24) is 5.32 Å². The first-order chi connectivity index (χ1) is 10.2. The average Bonchev–Trinajstić information content (AvgIpc) is 2.42. The first kappa shape index (κ1) is 17.6. The third-order valence-electron chi connectivity index (χ3n) is 2.41. The number of carbonyl (C=O) groups excluding carboxylic acids is 2. The van der Waals surface area contributed by atoms with Gasteiger partial charge in [-0.05, 0) is 39.0 Å². The molecule has 7 nitrogen and oxygen atoms in total. The summed E-state index contributed by atoms with van der Waals surface area (Å²) in [6, 6.07) is 4.22. The summed E-state index contributed by atoms with van der Waals surface area (Å²) in [4.78, 5) is 22.8. The Kier molecular flexibility index (Phi) is 6.03. The molecule has 0 fully saturated rings. The molecule has 1 aromatic carbocycles. The predicted octanol–water partition coefficient (Wildman–Crippen LogP) is 2.08. The standard InChI is InChI=1S/C15H21NO6/c1-15(2,3)22-14(19)16-7-8-21-10-5-6-12(17)11(9-10)13(18)20-4/h5-6,9,17H,7-8H2,1-4H3,(H,16,19). The highest BCUT2D eigenvalue weighted by molar-refractivity contribution is 5.92. The van der Waals surface area contributed by atoms with E-state index >= 15 is 0 Å². The van der Waals surface area contributed by atoms with E-state index in [0.29, 0.717) is 5.75 Å². The molecule has 0 aliphatic heterocycles. The Morgan fingerprint density at radius 1 is 1.27 bits per heavy atom. The van der Waals surface area contributed by atoms with E-state index in [2.05, 4.69) is 10.1 Å². The van der Waals surface area contributed by atoms with Gasteiger partial charge in [0.2, 0.25) is 0 Å². The Balaban J connectivity index is 2.46. The van der Waals surface area contributed by atoms with E-state index in [0.717, 1.165) is 0 Å². The first-order valence-corrected chi connectivity index (χ1v) is 6.74. The van der Waals surface area contributed by atoms with Gasteiger partial charge in [-0.2, -0.15) is 0 Å². The quantitative estimate of drug-likeness (QED) is 0.638. The maximum absolute atomic E-state index is 11.4. The molecule has 0 saturated carbocycles. The second-order valence-electron chi connectivity index (χ2n) is 5.45. The summed E-state index contributed by atoms with van der Waals surface area (Å²) in [7, 11) is 1.22. The van der Waals surface area contributed by atoms with E-state index in [1.54, 1.807) is 20.8 Å². The van der Waals surface area contributed by atoms with Gasteiger partial charge >= 0.3 is 12.1 Å². The normalized spacial score (nSPS) is 10.7. The first-order valence-electron chi connectivity index (χ1n) is 6.74. The summed E-state index contributed by atoms with van der Waals surface area (Å²) in [5, 5.41) is 12.1. The second-order valence-corrected chi connectivity index (χ2v) is 5.45. The van der Waals surface area contributed by atoms with E-state index in [9.17, 15) is 14.7 Å². The molecule has 122 valence electrons. The molecule has 0 radical (unpaired) electrons. The number of methoxy groups -OCH3 is 1. The van der Waals surface area contributed by atoms with Crippen molar-refractivity contribution in [1.29, 1.82) is 0 Å². The summed E-state index contributed by atoms with van der Waals surface area (Å²) >= 11 is 0. The zero-order chi connectivity index (χ0) is 16.8. The maximum atomic E-state index is 11.4. The van der Waals surface area contributed by atoms with E-state index in [1.165, 1.54) is 25.3 Å². The number of aromatic hydroxyl groups is 1. The SMILES string of the molecule is COC(=O)c1cc(OCCNC(=O)OC(C)(C)C)ccc1O. The number of rotatable bonds is 5. The van der Waals surface area contributed by atoms with E-state index in [1.807, 2.05) is 0 Å². The van der Waals surface area contributed by atoms with Crippen molar-refractivity contribution < 1.29 is 28.9 Å². The molecular weight excluding hydrogens is 290 g/mol. The molecule has 1 aromatic rings. The Bertz CT molecular complexity index is 535. The molecule has 0 aromatic heterocycles. The molecule has 7 heteroatoms. The largest absolute Gasteiger partial charge is 0.507 e. The summed E-state index contributed by atoms with van der Waals surface area (Å²) in [5.41, 5.74) is -0.544. The highest BCUT2D eigenvalue weighted by atomic mass is 16.6. The number of nitrogens with one attached hydrogen (secondary N) is 1. The minimum absolute atomic E-state index is 0.0140. The van der Waals surface area contributed by atoms with Crippen molar-refractivity contribution >= 4 is 12.1 Å². The number of benzene rings is 1. The monoisotopic (exact) mass is 311 g/mol.